The Hall–Kier alpha value is -1.49. The number of aromatic carboxylic acids is 1. The number of nitrogens with one attached hydrogen (secondary N) is 1. The molecular weight excluding hydrogens is 214 g/mol. The maximum atomic E-state index is 10.9. The van der Waals surface area contributed by atoms with Crippen LogP contribution in [0.25, 0.3) is 0 Å². The largest absolute Gasteiger partial charge is 0.478 e. The number of benzene rings is 1. The van der Waals surface area contributed by atoms with Crippen LogP contribution < -0.4 is 5.32 Å². The minimum Gasteiger partial charge on any atom is -0.478 e. The second kappa shape index (κ2) is 3.94. The molecule has 1 saturated heterocycles. The molecule has 0 radical (unpaired) electrons. The summed E-state index contributed by atoms with van der Waals surface area (Å²) in [4.78, 5) is 22.2. The highest BCUT2D eigenvalue weighted by atomic mass is 32.2. The highest BCUT2D eigenvalue weighted by molar-refractivity contribution is 8.00. The molecule has 1 unspecified atom stereocenters. The molecular formula is C10H9NO3S. The first-order valence-electron chi connectivity index (χ1n) is 4.45. The third-order valence-corrected chi connectivity index (χ3v) is 3.26. The Kier molecular flexibility index (Phi) is 2.64. The zero-order valence-electron chi connectivity index (χ0n) is 7.77. The topological polar surface area (TPSA) is 66.4 Å². The number of hydrogen-bond acceptors (Lipinski definition) is 3. The van der Waals surface area contributed by atoms with E-state index in [9.17, 15) is 9.59 Å². The molecule has 1 aliphatic rings. The number of thioether (sulfide) groups is 1. The van der Waals surface area contributed by atoms with Gasteiger partial charge < -0.3 is 10.4 Å². The summed E-state index contributed by atoms with van der Waals surface area (Å²) in [6, 6.07) is 6.78. The third kappa shape index (κ3) is 2.12. The molecule has 0 aromatic heterocycles. The average molecular weight is 223 g/mol. The van der Waals surface area contributed by atoms with Crippen molar-refractivity contribution in [1.29, 1.82) is 0 Å². The van der Waals surface area contributed by atoms with Crippen molar-refractivity contribution in [2.45, 2.75) is 16.7 Å². The zero-order valence-corrected chi connectivity index (χ0v) is 8.58. The van der Waals surface area contributed by atoms with Crippen LogP contribution in [0.15, 0.2) is 29.2 Å². The van der Waals surface area contributed by atoms with Gasteiger partial charge in [-0.1, -0.05) is 23.9 Å². The van der Waals surface area contributed by atoms with Crippen molar-refractivity contribution in [3.63, 3.8) is 0 Å². The van der Waals surface area contributed by atoms with Gasteiger partial charge in [-0.2, -0.15) is 0 Å². The van der Waals surface area contributed by atoms with Crippen molar-refractivity contribution in [1.82, 2.24) is 5.32 Å². The SMILES string of the molecule is O=C1CC(Sc2ccccc2C(=O)O)N1. The number of amides is 1. The van der Waals surface area contributed by atoms with Gasteiger partial charge in [0.25, 0.3) is 0 Å². The van der Waals surface area contributed by atoms with E-state index in [0.29, 0.717) is 11.3 Å². The average Bonchev–Trinajstić information content (AvgIpc) is 2.16. The van der Waals surface area contributed by atoms with E-state index in [1.807, 2.05) is 0 Å². The van der Waals surface area contributed by atoms with E-state index in [2.05, 4.69) is 5.32 Å². The molecule has 1 atom stereocenters. The lowest BCUT2D eigenvalue weighted by Crippen LogP contribution is -2.46. The van der Waals surface area contributed by atoms with Crippen LogP contribution in [0.2, 0.25) is 0 Å². The summed E-state index contributed by atoms with van der Waals surface area (Å²) in [6.07, 6.45) is 0.457. The Morgan fingerprint density at radius 1 is 1.47 bits per heavy atom. The van der Waals surface area contributed by atoms with Crippen LogP contribution in [0.5, 0.6) is 0 Å². The van der Waals surface area contributed by atoms with Gasteiger partial charge in [-0.3, -0.25) is 4.79 Å². The van der Waals surface area contributed by atoms with Gasteiger partial charge in [-0.25, -0.2) is 4.79 Å². The Bertz CT molecular complexity index is 411. The van der Waals surface area contributed by atoms with Gasteiger partial charge >= 0.3 is 5.97 Å². The number of carboxylic acids is 1. The van der Waals surface area contributed by atoms with Gasteiger partial charge in [-0.15, -0.1) is 0 Å². The molecule has 1 amide bonds. The molecule has 2 N–H and O–H groups in total. The predicted octanol–water partition coefficient (Wildman–Crippen LogP) is 1.32. The number of β-lactam (4-membered cyclic amide) rings is 1. The van der Waals surface area contributed by atoms with E-state index >= 15 is 0 Å². The number of hydrogen-bond donors (Lipinski definition) is 2. The summed E-state index contributed by atoms with van der Waals surface area (Å²) in [5.41, 5.74) is 0.281. The number of carbonyl (C=O) groups excluding carboxylic acids is 1. The van der Waals surface area contributed by atoms with E-state index in [1.54, 1.807) is 24.3 Å². The van der Waals surface area contributed by atoms with E-state index in [-0.39, 0.29) is 16.8 Å². The quantitative estimate of drug-likeness (QED) is 0.758. The first-order chi connectivity index (χ1) is 7.16. The van der Waals surface area contributed by atoms with Gasteiger partial charge in [-0.05, 0) is 12.1 Å². The normalized spacial score (nSPS) is 19.2. The zero-order chi connectivity index (χ0) is 10.8. The van der Waals surface area contributed by atoms with Crippen LogP contribution in [-0.2, 0) is 4.79 Å². The fourth-order valence-corrected chi connectivity index (χ4v) is 2.47. The number of rotatable bonds is 3. The molecule has 1 heterocycles. The maximum Gasteiger partial charge on any atom is 0.336 e. The number of carboxylic acid groups (broad SMARTS) is 1. The van der Waals surface area contributed by atoms with Crippen molar-refractivity contribution in [2.24, 2.45) is 0 Å². The first-order valence-corrected chi connectivity index (χ1v) is 5.33. The summed E-state index contributed by atoms with van der Waals surface area (Å²) in [5, 5.41) is 11.6. The van der Waals surface area contributed by atoms with Crippen molar-refractivity contribution in [3.05, 3.63) is 29.8 Å². The van der Waals surface area contributed by atoms with Crippen LogP contribution in [0, 0.1) is 0 Å². The minimum absolute atomic E-state index is 0.0120. The van der Waals surface area contributed by atoms with Crippen LogP contribution in [0.3, 0.4) is 0 Å². The van der Waals surface area contributed by atoms with Crippen LogP contribution in [0.1, 0.15) is 16.8 Å². The monoisotopic (exact) mass is 223 g/mol. The lowest BCUT2D eigenvalue weighted by Gasteiger charge is -2.26. The highest BCUT2D eigenvalue weighted by Gasteiger charge is 2.27. The molecule has 4 nitrogen and oxygen atoms in total. The molecule has 1 aliphatic heterocycles. The van der Waals surface area contributed by atoms with Crippen molar-refractivity contribution in [2.75, 3.05) is 0 Å². The second-order valence-electron chi connectivity index (χ2n) is 3.18. The van der Waals surface area contributed by atoms with Crippen LogP contribution in [-0.4, -0.2) is 22.4 Å². The smallest absolute Gasteiger partial charge is 0.336 e. The van der Waals surface area contributed by atoms with E-state index < -0.39 is 5.97 Å². The molecule has 2 rings (SSSR count). The molecule has 0 bridgehead atoms. The summed E-state index contributed by atoms with van der Waals surface area (Å²) >= 11 is 1.38. The Labute approximate surface area is 90.7 Å². The predicted molar refractivity (Wildman–Crippen MR) is 55.8 cm³/mol. The fourth-order valence-electron chi connectivity index (χ4n) is 1.30. The van der Waals surface area contributed by atoms with Gasteiger partial charge in [0.2, 0.25) is 5.91 Å². The second-order valence-corrected chi connectivity index (χ2v) is 4.42. The van der Waals surface area contributed by atoms with Crippen molar-refractivity contribution in [3.8, 4) is 0 Å². The minimum atomic E-state index is -0.941. The molecule has 1 aromatic carbocycles. The molecule has 15 heavy (non-hydrogen) atoms. The van der Waals surface area contributed by atoms with E-state index in [4.69, 9.17) is 5.11 Å². The summed E-state index contributed by atoms with van der Waals surface area (Å²) in [6.45, 7) is 0. The van der Waals surface area contributed by atoms with Crippen LogP contribution >= 0.6 is 11.8 Å². The Balaban J connectivity index is 2.13. The van der Waals surface area contributed by atoms with Gasteiger partial charge in [0.05, 0.1) is 17.4 Å². The molecule has 0 aliphatic carbocycles. The summed E-state index contributed by atoms with van der Waals surface area (Å²) in [7, 11) is 0. The lowest BCUT2D eigenvalue weighted by molar-refractivity contribution is -0.126. The third-order valence-electron chi connectivity index (χ3n) is 2.08. The lowest BCUT2D eigenvalue weighted by atomic mass is 10.2. The first kappa shape index (κ1) is 10.0. The van der Waals surface area contributed by atoms with Crippen LogP contribution in [0.4, 0.5) is 0 Å². The molecule has 0 spiro atoms. The van der Waals surface area contributed by atoms with Gasteiger partial charge in [0, 0.05) is 4.90 Å². The van der Waals surface area contributed by atoms with Gasteiger partial charge in [0.15, 0.2) is 0 Å². The Morgan fingerprint density at radius 2 is 2.13 bits per heavy atom. The van der Waals surface area contributed by atoms with Crippen molar-refractivity contribution >= 4 is 23.6 Å². The molecule has 0 saturated carbocycles. The number of carbonyl (C=O) groups is 2. The van der Waals surface area contributed by atoms with Crippen molar-refractivity contribution < 1.29 is 14.7 Å². The molecule has 1 aromatic rings. The molecule has 1 fully saturated rings. The maximum absolute atomic E-state index is 10.9. The summed E-state index contributed by atoms with van der Waals surface area (Å²) in [5.74, 6) is -0.927. The highest BCUT2D eigenvalue weighted by Crippen LogP contribution is 2.30. The fraction of sp³-hybridized carbons (Fsp3) is 0.200. The summed E-state index contributed by atoms with van der Waals surface area (Å²) < 4.78 is 0. The van der Waals surface area contributed by atoms with E-state index in [0.717, 1.165) is 0 Å². The Morgan fingerprint density at radius 3 is 2.73 bits per heavy atom. The van der Waals surface area contributed by atoms with Gasteiger partial charge in [0.1, 0.15) is 0 Å². The molecule has 78 valence electrons. The van der Waals surface area contributed by atoms with E-state index in [1.165, 1.54) is 11.8 Å². The standard InChI is InChI=1S/C10H9NO3S/c12-8-5-9(11-8)15-7-4-2-1-3-6(7)10(13)14/h1-4,9H,5H2,(H,11,12)(H,13,14). The molecule has 5 heteroatoms.